The minimum Gasteiger partial charge on any atom is -0.491 e. The van der Waals surface area contributed by atoms with E-state index in [1.165, 1.54) is 24.3 Å². The number of alkyl halides is 3. The minimum absolute atomic E-state index is 0.0393. The van der Waals surface area contributed by atoms with E-state index in [0.717, 1.165) is 18.2 Å². The first-order valence-electron chi connectivity index (χ1n) is 11.9. The van der Waals surface area contributed by atoms with Gasteiger partial charge in [-0.3, -0.25) is 9.59 Å². The van der Waals surface area contributed by atoms with Crippen LogP contribution in [0.3, 0.4) is 0 Å². The molecular formula is C26H22BrF4N5O5. The molecule has 15 heteroatoms. The van der Waals surface area contributed by atoms with Crippen LogP contribution >= 0.6 is 15.9 Å². The van der Waals surface area contributed by atoms with Gasteiger partial charge in [-0.2, -0.15) is 18.2 Å². The van der Waals surface area contributed by atoms with Crippen molar-refractivity contribution in [1.29, 1.82) is 0 Å². The number of ether oxygens (including phenoxy) is 1. The number of carbonyl (C=O) groups excluding carboxylic acids is 2. The van der Waals surface area contributed by atoms with Gasteiger partial charge < -0.3 is 31.0 Å². The van der Waals surface area contributed by atoms with Gasteiger partial charge in [0.1, 0.15) is 22.8 Å². The number of carbonyl (C=O) groups is 2. The zero-order valence-corrected chi connectivity index (χ0v) is 22.8. The average molecular weight is 640 g/mol. The number of aliphatic hydroxyl groups is 1. The highest BCUT2D eigenvalue weighted by Crippen LogP contribution is 2.42. The van der Waals surface area contributed by atoms with Crippen LogP contribution < -0.4 is 21.5 Å². The van der Waals surface area contributed by atoms with Gasteiger partial charge in [-0.05, 0) is 65.3 Å². The third-order valence-electron chi connectivity index (χ3n) is 5.94. The fourth-order valence-electron chi connectivity index (χ4n) is 4.01. The summed E-state index contributed by atoms with van der Waals surface area (Å²) >= 11 is 3.19. The third kappa shape index (κ3) is 6.10. The number of nitrogens with zero attached hydrogens (tertiary/aromatic N) is 2. The Balaban J connectivity index is 1.80. The van der Waals surface area contributed by atoms with Gasteiger partial charge >= 0.3 is 6.18 Å². The molecule has 4 rings (SSSR count). The lowest BCUT2D eigenvalue weighted by Gasteiger charge is -2.31. The molecule has 6 N–H and O–H groups in total. The van der Waals surface area contributed by atoms with Crippen LogP contribution in [0.25, 0.3) is 22.4 Å². The quantitative estimate of drug-likeness (QED) is 0.200. The van der Waals surface area contributed by atoms with Crippen molar-refractivity contribution in [2.45, 2.75) is 25.1 Å². The van der Waals surface area contributed by atoms with Crippen LogP contribution in [0.4, 0.5) is 23.6 Å². The molecule has 0 radical (unpaired) electrons. The number of nitrogens with one attached hydrogen (secondary N) is 1. The van der Waals surface area contributed by atoms with Crippen molar-refractivity contribution in [3.8, 4) is 17.0 Å². The summed E-state index contributed by atoms with van der Waals surface area (Å²) in [5.41, 5.74) is 6.28. The first-order valence-corrected chi connectivity index (χ1v) is 12.7. The van der Waals surface area contributed by atoms with Crippen molar-refractivity contribution in [2.75, 3.05) is 18.9 Å². The molecule has 2 heterocycles. The molecule has 2 aromatic heterocycles. The Morgan fingerprint density at radius 3 is 2.44 bits per heavy atom. The van der Waals surface area contributed by atoms with Gasteiger partial charge in [0, 0.05) is 16.7 Å². The highest BCUT2D eigenvalue weighted by molar-refractivity contribution is 9.10. The number of hydrogen-bond donors (Lipinski definition) is 4. The first-order chi connectivity index (χ1) is 19.2. The number of amides is 2. The zero-order valence-electron chi connectivity index (χ0n) is 21.2. The summed E-state index contributed by atoms with van der Waals surface area (Å²) in [5.74, 6) is -2.57. The molecule has 2 aromatic carbocycles. The van der Waals surface area contributed by atoms with E-state index in [9.17, 15) is 32.3 Å². The highest BCUT2D eigenvalue weighted by atomic mass is 79.9. The number of primary amides is 1. The monoisotopic (exact) mass is 639 g/mol. The van der Waals surface area contributed by atoms with Crippen molar-refractivity contribution in [3.05, 3.63) is 69.6 Å². The van der Waals surface area contributed by atoms with E-state index in [1.807, 2.05) is 0 Å². The largest absolute Gasteiger partial charge is 0.491 e. The van der Waals surface area contributed by atoms with E-state index in [1.54, 1.807) is 6.92 Å². The number of fused-ring (bicyclic) bond motifs is 1. The number of nitrogens with two attached hydrogens (primary N) is 2. The van der Waals surface area contributed by atoms with Crippen LogP contribution in [-0.2, 0) is 16.8 Å². The third-order valence-corrected chi connectivity index (χ3v) is 6.53. The lowest BCUT2D eigenvalue weighted by atomic mass is 9.93. The maximum atomic E-state index is 14.5. The number of halogens is 5. The maximum absolute atomic E-state index is 14.5. The summed E-state index contributed by atoms with van der Waals surface area (Å²) in [5, 5.41) is 13.1. The molecule has 0 aliphatic heterocycles. The van der Waals surface area contributed by atoms with Crippen molar-refractivity contribution in [1.82, 2.24) is 15.3 Å². The molecule has 10 nitrogen and oxygen atoms in total. The Bertz CT molecular complexity index is 1630. The van der Waals surface area contributed by atoms with Gasteiger partial charge in [-0.25, -0.2) is 9.37 Å². The molecule has 0 spiro atoms. The standard InChI is InChI=1S/C26H22BrF4N5O5/c1-2-40-21-13(10-19(32)37)9-18(36-20(21)12-3-5-15(28)6-4-12)25(39,26(29,30)31)11-34-23(38)14-7-16(27)22-17(8-14)35-24(33)41-22/h3-9,39H,2,10-11H2,1H3,(H2,32,37)(H2,33,35)(H,34,38)/t25-/m0/s1. The van der Waals surface area contributed by atoms with Crippen molar-refractivity contribution in [3.63, 3.8) is 0 Å². The molecule has 0 unspecified atom stereocenters. The van der Waals surface area contributed by atoms with Crippen LogP contribution in [0.2, 0.25) is 0 Å². The topological polar surface area (TPSA) is 167 Å². The average Bonchev–Trinajstić information content (AvgIpc) is 3.28. The molecule has 4 aromatic rings. The molecule has 1 atom stereocenters. The van der Waals surface area contributed by atoms with Gasteiger partial charge in [-0.15, -0.1) is 0 Å². The second kappa shape index (κ2) is 11.3. The zero-order chi connectivity index (χ0) is 30.1. The molecule has 0 bridgehead atoms. The van der Waals surface area contributed by atoms with E-state index in [2.05, 4.69) is 31.2 Å². The van der Waals surface area contributed by atoms with Crippen LogP contribution in [-0.4, -0.2) is 46.2 Å². The SMILES string of the molecule is CCOc1c(CC(N)=O)cc([C@@](O)(CNC(=O)c2cc(Br)c3oc(N)nc3c2)C(F)(F)F)nc1-c1ccc(F)cc1. The summed E-state index contributed by atoms with van der Waals surface area (Å²) < 4.78 is 68.1. The Morgan fingerprint density at radius 2 is 1.83 bits per heavy atom. The molecule has 41 heavy (non-hydrogen) atoms. The summed E-state index contributed by atoms with van der Waals surface area (Å²) in [6.45, 7) is 0.268. The number of benzene rings is 2. The molecule has 216 valence electrons. The second-order valence-electron chi connectivity index (χ2n) is 8.83. The Kier molecular flexibility index (Phi) is 8.22. The van der Waals surface area contributed by atoms with E-state index < -0.39 is 48.1 Å². The smallest absolute Gasteiger partial charge is 0.424 e. The highest BCUT2D eigenvalue weighted by Gasteiger charge is 2.56. The normalized spacial score (nSPS) is 13.1. The maximum Gasteiger partial charge on any atom is 0.424 e. The first kappa shape index (κ1) is 29.7. The predicted octanol–water partition coefficient (Wildman–Crippen LogP) is 3.98. The van der Waals surface area contributed by atoms with E-state index >= 15 is 0 Å². The molecular weight excluding hydrogens is 618 g/mol. The lowest BCUT2D eigenvalue weighted by molar-refractivity contribution is -0.265. The minimum atomic E-state index is -5.37. The molecule has 0 aliphatic rings. The van der Waals surface area contributed by atoms with Crippen LogP contribution in [0, 0.1) is 5.82 Å². The van der Waals surface area contributed by atoms with Gasteiger partial charge in [0.15, 0.2) is 5.58 Å². The van der Waals surface area contributed by atoms with Crippen molar-refractivity contribution < 1.29 is 41.4 Å². The number of hydrogen-bond acceptors (Lipinski definition) is 8. The Hall–Kier alpha value is -4.24. The molecule has 0 saturated carbocycles. The summed E-state index contributed by atoms with van der Waals surface area (Å²) in [7, 11) is 0. The second-order valence-corrected chi connectivity index (χ2v) is 9.68. The van der Waals surface area contributed by atoms with Crippen molar-refractivity contribution >= 4 is 44.9 Å². The summed E-state index contributed by atoms with van der Waals surface area (Å²) in [4.78, 5) is 32.6. The predicted molar refractivity (Wildman–Crippen MR) is 142 cm³/mol. The van der Waals surface area contributed by atoms with Gasteiger partial charge in [0.2, 0.25) is 11.5 Å². The number of rotatable bonds is 9. The fourth-order valence-corrected chi connectivity index (χ4v) is 4.54. The number of nitrogen functional groups attached to an aromatic ring is 1. The molecule has 0 fully saturated rings. The molecule has 2 amide bonds. The van der Waals surface area contributed by atoms with Crippen LogP contribution in [0.15, 0.2) is 51.4 Å². The van der Waals surface area contributed by atoms with Gasteiger partial charge in [-0.1, -0.05) is 0 Å². The van der Waals surface area contributed by atoms with Crippen LogP contribution in [0.1, 0.15) is 28.5 Å². The van der Waals surface area contributed by atoms with E-state index in [-0.39, 0.29) is 56.3 Å². The number of anilines is 1. The lowest BCUT2D eigenvalue weighted by Crippen LogP contribution is -2.51. The molecule has 0 saturated heterocycles. The number of pyridine rings is 1. The Morgan fingerprint density at radius 1 is 1.15 bits per heavy atom. The number of oxazole rings is 1. The van der Waals surface area contributed by atoms with Crippen molar-refractivity contribution in [2.24, 2.45) is 5.73 Å². The number of aromatic nitrogens is 2. The Labute approximate surface area is 237 Å². The van der Waals surface area contributed by atoms with E-state index in [0.29, 0.717) is 0 Å². The van der Waals surface area contributed by atoms with Crippen LogP contribution in [0.5, 0.6) is 5.75 Å². The van der Waals surface area contributed by atoms with Gasteiger partial charge in [0.25, 0.3) is 11.9 Å². The van der Waals surface area contributed by atoms with Gasteiger partial charge in [0.05, 0.1) is 29.7 Å². The fraction of sp³-hybridized carbons (Fsp3) is 0.231. The molecule has 0 aliphatic carbocycles. The summed E-state index contributed by atoms with van der Waals surface area (Å²) in [6.07, 6.45) is -5.93. The summed E-state index contributed by atoms with van der Waals surface area (Å²) in [6, 6.07) is 7.78. The van der Waals surface area contributed by atoms with E-state index in [4.69, 9.17) is 20.6 Å².